The molecule has 1 saturated heterocycles. The van der Waals surface area contributed by atoms with Gasteiger partial charge in [-0.25, -0.2) is 13.1 Å². The maximum Gasteiger partial charge on any atom is 0.289 e. The first-order chi connectivity index (χ1) is 25.2. The molecule has 1 heterocycles. The van der Waals surface area contributed by atoms with Crippen LogP contribution in [-0.2, 0) is 20.4 Å². The molecule has 0 bridgehead atoms. The molecule has 1 unspecified atom stereocenters. The Bertz CT molecular complexity index is 1940. The maximum atomic E-state index is 13.6. The second-order valence-corrected chi connectivity index (χ2v) is 15.5. The number of aliphatic hydroxyl groups excluding tert-OH is 1. The summed E-state index contributed by atoms with van der Waals surface area (Å²) in [7, 11) is -4.26. The zero-order chi connectivity index (χ0) is 36.7. The minimum Gasteiger partial charge on any atom is -0.395 e. The molecule has 0 radical (unpaired) electrons. The molecule has 1 aliphatic heterocycles. The van der Waals surface area contributed by atoms with Gasteiger partial charge in [0.1, 0.15) is 5.60 Å². The average molecular weight is 786 g/mol. The smallest absolute Gasteiger partial charge is 0.289 e. The second-order valence-electron chi connectivity index (χ2n) is 12.8. The summed E-state index contributed by atoms with van der Waals surface area (Å²) in [5.41, 5.74) is 8.56. The van der Waals surface area contributed by atoms with Crippen molar-refractivity contribution in [3.8, 4) is 0 Å². The number of nitrogens with zero attached hydrogens (tertiary/aromatic N) is 2. The number of nitrogens with two attached hydrogens (primary N) is 1. The third kappa shape index (κ3) is 7.88. The van der Waals surface area contributed by atoms with Gasteiger partial charge in [0.05, 0.1) is 18.1 Å². The Kier molecular flexibility index (Phi) is 12.0. The van der Waals surface area contributed by atoms with Crippen LogP contribution in [0.1, 0.15) is 34.6 Å². The van der Waals surface area contributed by atoms with Gasteiger partial charge in [0.2, 0.25) is 10.0 Å². The molecule has 1 aliphatic rings. The van der Waals surface area contributed by atoms with Crippen LogP contribution in [0.5, 0.6) is 0 Å². The number of hydrogen-bond acceptors (Lipinski definition) is 8. The summed E-state index contributed by atoms with van der Waals surface area (Å²) < 4.78 is 38.1. The third-order valence-electron chi connectivity index (χ3n) is 9.77. The molecule has 270 valence electrons. The van der Waals surface area contributed by atoms with Crippen LogP contribution in [0.3, 0.4) is 0 Å². The Balaban J connectivity index is 1.40. The number of sulfonamides is 1. The Labute approximate surface area is 312 Å². The lowest BCUT2D eigenvalue weighted by molar-refractivity contribution is -0.387. The predicted molar refractivity (Wildman–Crippen MR) is 204 cm³/mol. The van der Waals surface area contributed by atoms with E-state index in [1.807, 2.05) is 78.9 Å². The number of aliphatic hydroxyl groups is 1. The fraction of sp³-hybridized carbons (Fsp3) is 0.250. The highest BCUT2D eigenvalue weighted by molar-refractivity contribution is 9.10. The van der Waals surface area contributed by atoms with Crippen LogP contribution in [-0.4, -0.2) is 67.8 Å². The number of benzene rings is 5. The van der Waals surface area contributed by atoms with Crippen LogP contribution in [0.2, 0.25) is 0 Å². The first-order valence-electron chi connectivity index (χ1n) is 17.1. The molecule has 0 aromatic heterocycles. The summed E-state index contributed by atoms with van der Waals surface area (Å²) in [6.45, 7) is 0.483. The fourth-order valence-electron chi connectivity index (χ4n) is 7.21. The minimum atomic E-state index is -4.26. The number of rotatable bonds is 16. The van der Waals surface area contributed by atoms with Crippen LogP contribution in [0, 0.1) is 10.1 Å². The third-order valence-corrected chi connectivity index (χ3v) is 11.8. The predicted octanol–water partition coefficient (Wildman–Crippen LogP) is 6.19. The normalized spacial score (nSPS) is 18.4. The number of likely N-dealkylation sites (tertiary alicyclic amines) is 1. The van der Waals surface area contributed by atoms with Gasteiger partial charge in [-0.3, -0.25) is 15.0 Å². The Hall–Kier alpha value is -4.27. The zero-order valence-electron chi connectivity index (χ0n) is 28.4. The van der Waals surface area contributed by atoms with E-state index in [4.69, 9.17) is 10.5 Å². The molecule has 4 N–H and O–H groups in total. The van der Waals surface area contributed by atoms with Gasteiger partial charge >= 0.3 is 0 Å². The van der Waals surface area contributed by atoms with Crippen molar-refractivity contribution in [1.82, 2.24) is 9.62 Å². The van der Waals surface area contributed by atoms with Gasteiger partial charge in [0, 0.05) is 47.7 Å². The van der Waals surface area contributed by atoms with Crippen molar-refractivity contribution in [2.75, 3.05) is 26.3 Å². The van der Waals surface area contributed by atoms with Gasteiger partial charge < -0.3 is 15.6 Å². The van der Waals surface area contributed by atoms with Crippen LogP contribution >= 0.6 is 15.9 Å². The molecule has 5 aromatic carbocycles. The number of nitro benzene ring substituents is 1. The van der Waals surface area contributed by atoms with E-state index in [0.717, 1.165) is 26.7 Å². The Morgan fingerprint density at radius 3 is 1.87 bits per heavy atom. The topological polar surface area (TPSA) is 148 Å². The lowest BCUT2D eigenvalue weighted by Gasteiger charge is -2.56. The van der Waals surface area contributed by atoms with Crippen LogP contribution < -0.4 is 10.5 Å². The summed E-state index contributed by atoms with van der Waals surface area (Å²) >= 11 is 3.54. The molecule has 0 aliphatic carbocycles. The van der Waals surface area contributed by atoms with Crippen LogP contribution in [0.4, 0.5) is 5.69 Å². The highest BCUT2D eigenvalue weighted by Gasteiger charge is 2.50. The molecule has 12 heteroatoms. The van der Waals surface area contributed by atoms with E-state index in [1.54, 1.807) is 0 Å². The number of nitrogens with one attached hydrogen (secondary N) is 1. The van der Waals surface area contributed by atoms with Gasteiger partial charge in [-0.15, -0.1) is 0 Å². The highest BCUT2D eigenvalue weighted by Crippen LogP contribution is 2.45. The van der Waals surface area contributed by atoms with Crippen molar-refractivity contribution in [3.05, 3.63) is 176 Å². The molecule has 5 aromatic rings. The van der Waals surface area contributed by atoms with E-state index >= 15 is 0 Å². The van der Waals surface area contributed by atoms with Crippen molar-refractivity contribution in [3.63, 3.8) is 0 Å². The van der Waals surface area contributed by atoms with Crippen LogP contribution in [0.15, 0.2) is 149 Å². The summed E-state index contributed by atoms with van der Waals surface area (Å²) in [6, 6.07) is 42.4. The Morgan fingerprint density at radius 2 is 1.35 bits per heavy atom. The van der Waals surface area contributed by atoms with Gasteiger partial charge in [-0.05, 0) is 46.9 Å². The second kappa shape index (κ2) is 16.6. The first kappa shape index (κ1) is 37.5. The first-order valence-corrected chi connectivity index (χ1v) is 19.3. The van der Waals surface area contributed by atoms with E-state index in [9.17, 15) is 23.6 Å². The molecular formula is C40H41BrN4O6S. The summed E-state index contributed by atoms with van der Waals surface area (Å²) in [5, 5.41) is 21.5. The minimum absolute atomic E-state index is 0.0266. The number of ether oxygens (including phenoxy) is 1. The van der Waals surface area contributed by atoms with Gasteiger partial charge in [0.25, 0.3) is 5.69 Å². The SMILES string of the molecule is NC(CO)CCN1[C@H](COC(c2ccccc2)(c2ccccc2)c2ccccc2)[C@H](c2ccc(Br)cc2)[C@@H]1CNS(=O)(=O)c1ccccc1[N+](=O)[O-]. The summed E-state index contributed by atoms with van der Waals surface area (Å²) in [6.07, 6.45) is 0.453. The summed E-state index contributed by atoms with van der Waals surface area (Å²) in [4.78, 5) is 12.8. The highest BCUT2D eigenvalue weighted by atomic mass is 79.9. The van der Waals surface area contributed by atoms with E-state index in [2.05, 4.69) is 62.0 Å². The largest absolute Gasteiger partial charge is 0.395 e. The lowest BCUT2D eigenvalue weighted by Crippen LogP contribution is -2.67. The number of halogens is 1. The van der Waals surface area contributed by atoms with E-state index in [0.29, 0.717) is 13.0 Å². The van der Waals surface area contributed by atoms with Crippen molar-refractivity contribution in [2.24, 2.45) is 5.73 Å². The lowest BCUT2D eigenvalue weighted by atomic mass is 9.74. The quantitative estimate of drug-likeness (QED) is 0.0610. The number of nitro groups is 1. The molecule has 0 saturated carbocycles. The fourth-order valence-corrected chi connectivity index (χ4v) is 8.70. The molecular weight excluding hydrogens is 744 g/mol. The molecule has 52 heavy (non-hydrogen) atoms. The van der Waals surface area contributed by atoms with E-state index in [-0.39, 0.29) is 37.8 Å². The Morgan fingerprint density at radius 1 is 0.827 bits per heavy atom. The molecule has 10 nitrogen and oxygen atoms in total. The molecule has 4 atom stereocenters. The average Bonchev–Trinajstić information content (AvgIpc) is 3.17. The van der Waals surface area contributed by atoms with Gasteiger partial charge in [-0.2, -0.15) is 0 Å². The molecule has 6 rings (SSSR count). The van der Waals surface area contributed by atoms with Crippen LogP contribution in [0.25, 0.3) is 0 Å². The van der Waals surface area contributed by atoms with E-state index in [1.165, 1.54) is 24.3 Å². The van der Waals surface area contributed by atoms with Crippen molar-refractivity contribution >= 4 is 31.6 Å². The number of hydrogen-bond donors (Lipinski definition) is 3. The molecule has 1 fully saturated rings. The summed E-state index contributed by atoms with van der Waals surface area (Å²) in [5.74, 6) is -0.202. The van der Waals surface area contributed by atoms with Crippen molar-refractivity contribution in [1.29, 1.82) is 0 Å². The monoisotopic (exact) mass is 784 g/mol. The molecule has 0 spiro atoms. The van der Waals surface area contributed by atoms with Gasteiger partial charge in [-0.1, -0.05) is 131 Å². The van der Waals surface area contributed by atoms with Crippen molar-refractivity contribution < 1.29 is 23.2 Å². The molecule has 0 amide bonds. The standard InChI is InChI=1S/C40H41BrN4O6S/c41-33-22-20-29(21-23-33)39-36(26-43-52(49,50)38-19-11-10-18-35(38)45(47)48)44(25-24-34(42)27-46)37(39)28-51-40(30-12-4-1-5-13-30,31-14-6-2-7-15-31)32-16-8-3-9-17-32/h1-23,34,36-37,39,43,46H,24-28,42H2/t34?,36-,37+,39+/m0/s1. The zero-order valence-corrected chi connectivity index (χ0v) is 30.8. The maximum absolute atomic E-state index is 13.6. The number of para-hydroxylation sites is 1. The van der Waals surface area contributed by atoms with Crippen molar-refractivity contribution in [2.45, 2.75) is 41.0 Å². The van der Waals surface area contributed by atoms with Gasteiger partial charge in [0.15, 0.2) is 4.90 Å². The van der Waals surface area contributed by atoms with E-state index < -0.39 is 37.2 Å².